The summed E-state index contributed by atoms with van der Waals surface area (Å²) in [5.74, 6) is -0.0998. The molecule has 0 radical (unpaired) electrons. The second-order valence-electron chi connectivity index (χ2n) is 6.08. The van der Waals surface area contributed by atoms with Crippen molar-refractivity contribution in [3.05, 3.63) is 82.1 Å². The first-order valence-corrected chi connectivity index (χ1v) is 9.75. The topological polar surface area (TPSA) is 81.2 Å². The predicted molar refractivity (Wildman–Crippen MR) is 113 cm³/mol. The minimum Gasteiger partial charge on any atom is -0.495 e. The van der Waals surface area contributed by atoms with Crippen molar-refractivity contribution in [1.29, 1.82) is 0 Å². The molecule has 0 atom stereocenters. The standard InChI is InChI=1S/C21H14ClN3O3S/c1-28-16-6-4-12(19(26)17-10-13-3-2-8-23-21(13)29-17)9-15(16)25-20(27)14-5-7-18(22)24-11-14/h2-11H,1H3,(H,25,27). The average Bonchev–Trinajstić information content (AvgIpc) is 3.18. The second kappa shape index (κ2) is 7.98. The number of anilines is 1. The Labute approximate surface area is 175 Å². The van der Waals surface area contributed by atoms with E-state index in [4.69, 9.17) is 16.3 Å². The lowest BCUT2D eigenvalue weighted by atomic mass is 10.1. The van der Waals surface area contributed by atoms with E-state index in [-0.39, 0.29) is 11.7 Å². The van der Waals surface area contributed by atoms with E-state index in [1.807, 2.05) is 18.2 Å². The molecule has 1 N–H and O–H groups in total. The number of carbonyl (C=O) groups is 2. The Balaban J connectivity index is 1.64. The van der Waals surface area contributed by atoms with Crippen LogP contribution < -0.4 is 10.1 Å². The first kappa shape index (κ1) is 19.0. The van der Waals surface area contributed by atoms with Crippen molar-refractivity contribution < 1.29 is 14.3 Å². The minimum atomic E-state index is -0.386. The number of hydrogen-bond acceptors (Lipinski definition) is 6. The van der Waals surface area contributed by atoms with Crippen LogP contribution in [-0.2, 0) is 0 Å². The summed E-state index contributed by atoms with van der Waals surface area (Å²) in [6.07, 6.45) is 3.07. The Bertz CT molecular complexity index is 1190. The molecule has 3 heterocycles. The molecule has 1 amide bonds. The normalized spacial score (nSPS) is 10.7. The van der Waals surface area contributed by atoms with Crippen molar-refractivity contribution in [2.24, 2.45) is 0 Å². The highest BCUT2D eigenvalue weighted by Gasteiger charge is 2.17. The van der Waals surface area contributed by atoms with E-state index >= 15 is 0 Å². The summed E-state index contributed by atoms with van der Waals surface area (Å²) in [4.78, 5) is 35.0. The highest BCUT2D eigenvalue weighted by Crippen LogP contribution is 2.30. The van der Waals surface area contributed by atoms with Crippen molar-refractivity contribution in [2.75, 3.05) is 12.4 Å². The van der Waals surface area contributed by atoms with E-state index in [0.29, 0.717) is 32.6 Å². The SMILES string of the molecule is COc1ccc(C(=O)c2cc3cccnc3s2)cc1NC(=O)c1ccc(Cl)nc1. The molecule has 0 bridgehead atoms. The van der Waals surface area contributed by atoms with Gasteiger partial charge in [0.1, 0.15) is 15.7 Å². The van der Waals surface area contributed by atoms with Gasteiger partial charge in [0.15, 0.2) is 0 Å². The van der Waals surface area contributed by atoms with Gasteiger partial charge in [-0.2, -0.15) is 0 Å². The van der Waals surface area contributed by atoms with Gasteiger partial charge in [0, 0.05) is 23.3 Å². The number of pyridine rings is 2. The number of ether oxygens (including phenoxy) is 1. The number of ketones is 1. The lowest BCUT2D eigenvalue weighted by Crippen LogP contribution is -2.13. The summed E-state index contributed by atoms with van der Waals surface area (Å²) >= 11 is 7.09. The molecule has 0 unspecified atom stereocenters. The largest absolute Gasteiger partial charge is 0.495 e. The first-order valence-electron chi connectivity index (χ1n) is 8.55. The van der Waals surface area contributed by atoms with E-state index in [9.17, 15) is 9.59 Å². The third-order valence-corrected chi connectivity index (χ3v) is 5.50. The molecular weight excluding hydrogens is 410 g/mol. The van der Waals surface area contributed by atoms with Gasteiger partial charge in [0.2, 0.25) is 5.78 Å². The molecule has 29 heavy (non-hydrogen) atoms. The Morgan fingerprint density at radius 3 is 2.62 bits per heavy atom. The molecule has 4 aromatic rings. The third kappa shape index (κ3) is 3.96. The van der Waals surface area contributed by atoms with E-state index in [2.05, 4.69) is 15.3 Å². The molecule has 0 aliphatic rings. The molecule has 0 aliphatic carbocycles. The fourth-order valence-corrected chi connectivity index (χ4v) is 3.85. The molecule has 4 rings (SSSR count). The summed E-state index contributed by atoms with van der Waals surface area (Å²) in [7, 11) is 1.49. The van der Waals surface area contributed by atoms with Crippen LogP contribution in [0.2, 0.25) is 5.15 Å². The number of benzene rings is 1. The number of rotatable bonds is 5. The van der Waals surface area contributed by atoms with E-state index in [1.54, 1.807) is 30.5 Å². The number of hydrogen-bond donors (Lipinski definition) is 1. The van der Waals surface area contributed by atoms with Crippen molar-refractivity contribution in [2.45, 2.75) is 0 Å². The van der Waals surface area contributed by atoms with Gasteiger partial charge in [0.25, 0.3) is 5.91 Å². The van der Waals surface area contributed by atoms with E-state index < -0.39 is 0 Å². The smallest absolute Gasteiger partial charge is 0.257 e. The van der Waals surface area contributed by atoms with Crippen LogP contribution >= 0.6 is 22.9 Å². The summed E-state index contributed by atoms with van der Waals surface area (Å²) in [5, 5.41) is 3.97. The Morgan fingerprint density at radius 2 is 1.90 bits per heavy atom. The van der Waals surface area contributed by atoms with Gasteiger partial charge in [-0.15, -0.1) is 11.3 Å². The van der Waals surface area contributed by atoms with Crippen molar-refractivity contribution in [1.82, 2.24) is 9.97 Å². The van der Waals surface area contributed by atoms with Crippen LogP contribution in [0.5, 0.6) is 5.75 Å². The molecule has 1 aromatic carbocycles. The second-order valence-corrected chi connectivity index (χ2v) is 7.49. The number of carbonyl (C=O) groups excluding carboxylic acids is 2. The Kier molecular flexibility index (Phi) is 5.24. The predicted octanol–water partition coefficient (Wildman–Crippen LogP) is 4.84. The molecule has 3 aromatic heterocycles. The Morgan fingerprint density at radius 1 is 1.07 bits per heavy atom. The first-order chi connectivity index (χ1) is 14.0. The van der Waals surface area contributed by atoms with E-state index in [0.717, 1.165) is 10.2 Å². The molecule has 0 fully saturated rings. The summed E-state index contributed by atoms with van der Waals surface area (Å²) in [6.45, 7) is 0. The molecular formula is C21H14ClN3O3S. The van der Waals surface area contributed by atoms with Gasteiger partial charge in [-0.1, -0.05) is 17.7 Å². The number of thiophene rings is 1. The van der Waals surface area contributed by atoms with Crippen molar-refractivity contribution >= 4 is 50.5 Å². The van der Waals surface area contributed by atoms with Crippen LogP contribution in [0.15, 0.2) is 60.9 Å². The van der Waals surface area contributed by atoms with Crippen LogP contribution in [0, 0.1) is 0 Å². The average molecular weight is 424 g/mol. The minimum absolute atomic E-state index is 0.153. The molecule has 6 nitrogen and oxygen atoms in total. The molecule has 144 valence electrons. The summed E-state index contributed by atoms with van der Waals surface area (Å²) in [6, 6.07) is 13.6. The molecule has 0 spiro atoms. The third-order valence-electron chi connectivity index (χ3n) is 4.22. The number of nitrogens with one attached hydrogen (secondary N) is 1. The number of halogens is 1. The zero-order chi connectivity index (χ0) is 20.4. The fourth-order valence-electron chi connectivity index (χ4n) is 2.78. The van der Waals surface area contributed by atoms with E-state index in [1.165, 1.54) is 30.7 Å². The van der Waals surface area contributed by atoms with Crippen LogP contribution in [0.1, 0.15) is 25.6 Å². The van der Waals surface area contributed by atoms with Crippen molar-refractivity contribution in [3.8, 4) is 5.75 Å². The zero-order valence-electron chi connectivity index (χ0n) is 15.2. The van der Waals surface area contributed by atoms with Gasteiger partial charge in [-0.05, 0) is 42.5 Å². The summed E-state index contributed by atoms with van der Waals surface area (Å²) in [5.41, 5.74) is 1.16. The number of aromatic nitrogens is 2. The number of fused-ring (bicyclic) bond motifs is 1. The lowest BCUT2D eigenvalue weighted by Gasteiger charge is -2.11. The quantitative estimate of drug-likeness (QED) is 0.367. The maximum Gasteiger partial charge on any atom is 0.257 e. The number of methoxy groups -OCH3 is 1. The van der Waals surface area contributed by atoms with Crippen LogP contribution in [0.4, 0.5) is 5.69 Å². The molecule has 0 aliphatic heterocycles. The maximum absolute atomic E-state index is 13.0. The van der Waals surface area contributed by atoms with Crippen LogP contribution in [0.3, 0.4) is 0 Å². The van der Waals surface area contributed by atoms with Gasteiger partial charge in [0.05, 0.1) is 23.2 Å². The monoisotopic (exact) mass is 423 g/mol. The van der Waals surface area contributed by atoms with Gasteiger partial charge in [-0.3, -0.25) is 9.59 Å². The van der Waals surface area contributed by atoms with Crippen molar-refractivity contribution in [3.63, 3.8) is 0 Å². The number of nitrogens with zero attached hydrogens (tertiary/aromatic N) is 2. The van der Waals surface area contributed by atoms with Gasteiger partial charge in [-0.25, -0.2) is 9.97 Å². The molecule has 0 saturated heterocycles. The highest BCUT2D eigenvalue weighted by molar-refractivity contribution is 7.20. The van der Waals surface area contributed by atoms with Crippen LogP contribution in [-0.4, -0.2) is 28.8 Å². The lowest BCUT2D eigenvalue weighted by molar-refractivity contribution is 0.102. The zero-order valence-corrected chi connectivity index (χ0v) is 16.8. The van der Waals surface area contributed by atoms with Gasteiger partial charge >= 0.3 is 0 Å². The maximum atomic E-state index is 13.0. The summed E-state index contributed by atoms with van der Waals surface area (Å²) < 4.78 is 5.32. The molecule has 8 heteroatoms. The van der Waals surface area contributed by atoms with Crippen LogP contribution in [0.25, 0.3) is 10.2 Å². The van der Waals surface area contributed by atoms with Gasteiger partial charge < -0.3 is 10.1 Å². The fraction of sp³-hybridized carbons (Fsp3) is 0.0476. The number of amides is 1. The molecule has 0 saturated carbocycles. The Hall–Kier alpha value is -3.29. The highest BCUT2D eigenvalue weighted by atomic mass is 35.5.